The van der Waals surface area contributed by atoms with E-state index in [0.717, 1.165) is 25.7 Å². The van der Waals surface area contributed by atoms with Crippen LogP contribution in [0.5, 0.6) is 0 Å². The zero-order chi connectivity index (χ0) is 20.9. The first-order chi connectivity index (χ1) is 13.8. The van der Waals surface area contributed by atoms with Crippen LogP contribution in [0.15, 0.2) is 53.4 Å². The first-order valence-electron chi connectivity index (χ1n) is 9.31. The summed E-state index contributed by atoms with van der Waals surface area (Å²) >= 11 is 5.80. The number of sulfonamides is 1. The van der Waals surface area contributed by atoms with Crippen molar-refractivity contribution in [3.63, 3.8) is 0 Å². The van der Waals surface area contributed by atoms with E-state index in [1.54, 1.807) is 12.1 Å². The zero-order valence-electron chi connectivity index (χ0n) is 15.7. The minimum atomic E-state index is -3.89. The molecule has 1 fully saturated rings. The van der Waals surface area contributed by atoms with Crippen molar-refractivity contribution in [2.24, 2.45) is 5.92 Å². The van der Waals surface area contributed by atoms with Crippen LogP contribution in [0.3, 0.4) is 0 Å². The molecular formula is C20H22ClN3O4S. The highest BCUT2D eigenvalue weighted by molar-refractivity contribution is 7.92. The fourth-order valence-corrected chi connectivity index (χ4v) is 4.49. The summed E-state index contributed by atoms with van der Waals surface area (Å²) in [6.07, 6.45) is 4.70. The van der Waals surface area contributed by atoms with Crippen LogP contribution in [0, 0.1) is 5.92 Å². The molecule has 0 atom stereocenters. The summed E-state index contributed by atoms with van der Waals surface area (Å²) in [5.41, 5.74) is 5.20. The summed E-state index contributed by atoms with van der Waals surface area (Å²) < 4.78 is 27.6. The lowest BCUT2D eigenvalue weighted by Gasteiger charge is -2.12. The van der Waals surface area contributed by atoms with Crippen LogP contribution in [-0.2, 0) is 14.8 Å². The number of anilines is 1. The van der Waals surface area contributed by atoms with E-state index in [1.165, 1.54) is 36.4 Å². The number of hydrogen-bond donors (Lipinski definition) is 3. The van der Waals surface area contributed by atoms with Gasteiger partial charge in [-0.25, -0.2) is 8.42 Å². The quantitative estimate of drug-likeness (QED) is 0.604. The van der Waals surface area contributed by atoms with Crippen LogP contribution < -0.4 is 15.6 Å². The van der Waals surface area contributed by atoms with Crippen LogP contribution in [0.4, 0.5) is 5.69 Å². The molecule has 0 aliphatic heterocycles. The van der Waals surface area contributed by atoms with Crippen molar-refractivity contribution in [3.05, 3.63) is 59.1 Å². The minimum Gasteiger partial charge on any atom is -0.280 e. The van der Waals surface area contributed by atoms with E-state index in [0.29, 0.717) is 23.0 Å². The number of carbonyl (C=O) groups is 2. The van der Waals surface area contributed by atoms with E-state index in [4.69, 9.17) is 11.6 Å². The van der Waals surface area contributed by atoms with Gasteiger partial charge in [0.25, 0.3) is 15.9 Å². The van der Waals surface area contributed by atoms with Gasteiger partial charge in [-0.1, -0.05) is 30.5 Å². The van der Waals surface area contributed by atoms with Gasteiger partial charge in [0.05, 0.1) is 4.90 Å². The van der Waals surface area contributed by atoms with E-state index < -0.39 is 15.9 Å². The van der Waals surface area contributed by atoms with Crippen LogP contribution in [-0.4, -0.2) is 20.2 Å². The predicted molar refractivity (Wildman–Crippen MR) is 111 cm³/mol. The summed E-state index contributed by atoms with van der Waals surface area (Å²) in [5, 5.41) is 0.488. The SMILES string of the molecule is O=C(CC1CCCC1)NNC(=O)c1cccc(S(=O)(=O)Nc2ccc(Cl)cc2)c1. The Kier molecular flexibility index (Phi) is 6.76. The predicted octanol–water partition coefficient (Wildman–Crippen LogP) is 3.48. The molecule has 1 saturated carbocycles. The highest BCUT2D eigenvalue weighted by atomic mass is 35.5. The van der Waals surface area contributed by atoms with Crippen molar-refractivity contribution in [2.45, 2.75) is 37.0 Å². The third kappa shape index (κ3) is 5.95. The maximum absolute atomic E-state index is 12.6. The van der Waals surface area contributed by atoms with Gasteiger partial charge in [-0.3, -0.25) is 25.2 Å². The molecule has 0 unspecified atom stereocenters. The van der Waals surface area contributed by atoms with Gasteiger partial charge in [-0.2, -0.15) is 0 Å². The summed E-state index contributed by atoms with van der Waals surface area (Å²) in [5.74, 6) is -0.480. The van der Waals surface area contributed by atoms with Gasteiger partial charge in [-0.05, 0) is 61.2 Å². The fraction of sp³-hybridized carbons (Fsp3) is 0.300. The Morgan fingerprint density at radius 2 is 1.69 bits per heavy atom. The first-order valence-corrected chi connectivity index (χ1v) is 11.2. The Morgan fingerprint density at radius 1 is 1.00 bits per heavy atom. The molecule has 154 valence electrons. The highest BCUT2D eigenvalue weighted by Crippen LogP contribution is 2.27. The third-order valence-electron chi connectivity index (χ3n) is 4.77. The molecule has 1 aliphatic carbocycles. The van der Waals surface area contributed by atoms with E-state index in [-0.39, 0.29) is 16.4 Å². The molecule has 2 amide bonds. The van der Waals surface area contributed by atoms with Gasteiger partial charge >= 0.3 is 0 Å². The van der Waals surface area contributed by atoms with Crippen molar-refractivity contribution in [2.75, 3.05) is 4.72 Å². The highest BCUT2D eigenvalue weighted by Gasteiger charge is 2.20. The number of benzene rings is 2. The Hall–Kier alpha value is -2.58. The Balaban J connectivity index is 1.62. The molecular weight excluding hydrogens is 414 g/mol. The van der Waals surface area contributed by atoms with E-state index in [2.05, 4.69) is 15.6 Å². The van der Waals surface area contributed by atoms with Crippen LogP contribution in [0.2, 0.25) is 5.02 Å². The summed E-state index contributed by atoms with van der Waals surface area (Å²) in [7, 11) is -3.89. The van der Waals surface area contributed by atoms with Crippen molar-refractivity contribution < 1.29 is 18.0 Å². The lowest BCUT2D eigenvalue weighted by Crippen LogP contribution is -2.42. The monoisotopic (exact) mass is 435 g/mol. The van der Waals surface area contributed by atoms with Crippen LogP contribution in [0.1, 0.15) is 42.5 Å². The van der Waals surface area contributed by atoms with Gasteiger partial charge in [0.15, 0.2) is 0 Å². The molecule has 0 aromatic heterocycles. The van der Waals surface area contributed by atoms with Crippen LogP contribution in [0.25, 0.3) is 0 Å². The molecule has 0 heterocycles. The maximum Gasteiger partial charge on any atom is 0.269 e. The molecule has 0 spiro atoms. The molecule has 0 saturated heterocycles. The fourth-order valence-electron chi connectivity index (χ4n) is 3.26. The zero-order valence-corrected chi connectivity index (χ0v) is 17.2. The number of nitrogens with one attached hydrogen (secondary N) is 3. The van der Waals surface area contributed by atoms with Crippen molar-refractivity contribution in [1.82, 2.24) is 10.9 Å². The van der Waals surface area contributed by atoms with Gasteiger partial charge in [0.2, 0.25) is 5.91 Å². The van der Waals surface area contributed by atoms with Gasteiger partial charge in [0.1, 0.15) is 0 Å². The largest absolute Gasteiger partial charge is 0.280 e. The molecule has 2 aromatic rings. The summed E-state index contributed by atoms with van der Waals surface area (Å²) in [4.78, 5) is 24.2. The first kappa shape index (κ1) is 21.1. The third-order valence-corrected chi connectivity index (χ3v) is 6.40. The average molecular weight is 436 g/mol. The number of hydrogen-bond acceptors (Lipinski definition) is 4. The second-order valence-corrected chi connectivity index (χ2v) is 9.12. The molecule has 3 N–H and O–H groups in total. The summed E-state index contributed by atoms with van der Waals surface area (Å²) in [6.45, 7) is 0. The lowest BCUT2D eigenvalue weighted by molar-refractivity contribution is -0.122. The Labute approximate surface area is 174 Å². The van der Waals surface area contributed by atoms with Crippen molar-refractivity contribution in [1.29, 1.82) is 0 Å². The lowest BCUT2D eigenvalue weighted by atomic mass is 10.0. The van der Waals surface area contributed by atoms with E-state index in [9.17, 15) is 18.0 Å². The maximum atomic E-state index is 12.6. The smallest absolute Gasteiger partial charge is 0.269 e. The molecule has 2 aromatic carbocycles. The minimum absolute atomic E-state index is 0.0719. The van der Waals surface area contributed by atoms with Crippen molar-refractivity contribution in [3.8, 4) is 0 Å². The van der Waals surface area contributed by atoms with Crippen molar-refractivity contribution >= 4 is 39.1 Å². The molecule has 0 radical (unpaired) electrons. The Bertz CT molecular complexity index is 987. The molecule has 29 heavy (non-hydrogen) atoms. The molecule has 7 nitrogen and oxygen atoms in total. The summed E-state index contributed by atoms with van der Waals surface area (Å²) in [6, 6.07) is 11.8. The topological polar surface area (TPSA) is 104 Å². The standard InChI is InChI=1S/C20H22ClN3O4S/c21-16-8-10-17(11-9-16)24-29(27,28)18-7-3-6-15(13-18)20(26)23-22-19(25)12-14-4-1-2-5-14/h3,6-11,13-14,24H,1-2,4-5,12H2,(H,22,25)(H,23,26). The molecule has 1 aliphatic rings. The molecule has 3 rings (SSSR count). The van der Waals surface area contributed by atoms with Gasteiger partial charge in [-0.15, -0.1) is 0 Å². The van der Waals surface area contributed by atoms with Gasteiger partial charge < -0.3 is 0 Å². The molecule has 0 bridgehead atoms. The molecule has 9 heteroatoms. The Morgan fingerprint density at radius 3 is 2.38 bits per heavy atom. The second kappa shape index (κ2) is 9.28. The number of carbonyl (C=O) groups excluding carboxylic acids is 2. The van der Waals surface area contributed by atoms with E-state index in [1.807, 2.05) is 0 Å². The van der Waals surface area contributed by atoms with E-state index >= 15 is 0 Å². The van der Waals surface area contributed by atoms with Crippen LogP contribution >= 0.6 is 11.6 Å². The number of amides is 2. The second-order valence-electron chi connectivity index (χ2n) is 7.00. The number of halogens is 1. The number of hydrazine groups is 1. The normalized spacial score (nSPS) is 14.4. The average Bonchev–Trinajstić information content (AvgIpc) is 3.21. The van der Waals surface area contributed by atoms with Gasteiger partial charge in [0, 0.05) is 22.7 Å². The number of rotatable bonds is 6.